The van der Waals surface area contributed by atoms with E-state index in [1.165, 1.54) is 29.2 Å². The lowest BCUT2D eigenvalue weighted by atomic mass is 10.00. The highest BCUT2D eigenvalue weighted by Crippen LogP contribution is 2.31. The van der Waals surface area contributed by atoms with E-state index in [9.17, 15) is 17.2 Å². The van der Waals surface area contributed by atoms with Crippen LogP contribution in [0.25, 0.3) is 17.0 Å². The monoisotopic (exact) mass is 481 g/mol. The first-order chi connectivity index (χ1) is 15.4. The van der Waals surface area contributed by atoms with Crippen molar-refractivity contribution in [2.24, 2.45) is 0 Å². The van der Waals surface area contributed by atoms with E-state index in [2.05, 4.69) is 24.8 Å². The van der Waals surface area contributed by atoms with Crippen molar-refractivity contribution in [3.63, 3.8) is 0 Å². The molecule has 3 aromatic heterocycles. The minimum absolute atomic E-state index is 0.117. The lowest BCUT2D eigenvalue weighted by Gasteiger charge is -2.47. The number of hydrogen-bond donors (Lipinski definition) is 1. The van der Waals surface area contributed by atoms with E-state index in [1.54, 1.807) is 6.07 Å². The molecule has 10 nitrogen and oxygen atoms in total. The van der Waals surface area contributed by atoms with Crippen LogP contribution >= 0.6 is 0 Å². The van der Waals surface area contributed by atoms with Gasteiger partial charge in [-0.05, 0) is 32.9 Å². The molecule has 1 N–H and O–H groups in total. The normalized spacial score (nSPS) is 21.1. The van der Waals surface area contributed by atoms with Crippen molar-refractivity contribution < 1.29 is 21.9 Å². The molecule has 0 aromatic carbocycles. The van der Waals surface area contributed by atoms with Crippen LogP contribution in [0.15, 0.2) is 30.7 Å². The smallest absolute Gasteiger partial charge is 0.282 e. The van der Waals surface area contributed by atoms with E-state index >= 15 is 0 Å². The summed E-state index contributed by atoms with van der Waals surface area (Å²) in [6, 6.07) is 4.25. The molecule has 1 aliphatic heterocycles. The third-order valence-electron chi connectivity index (χ3n) is 5.41. The second-order valence-corrected chi connectivity index (χ2v) is 10.5. The summed E-state index contributed by atoms with van der Waals surface area (Å²) in [5.74, 6) is 0.591. The van der Waals surface area contributed by atoms with Crippen LogP contribution < -0.4 is 9.62 Å². The number of fused-ring (bicyclic) bond motifs is 1. The Morgan fingerprint density at radius 2 is 2.03 bits per heavy atom. The van der Waals surface area contributed by atoms with Crippen LogP contribution in [0, 0.1) is 0 Å². The summed E-state index contributed by atoms with van der Waals surface area (Å²) in [5, 5.41) is 4.00. The fourth-order valence-electron chi connectivity index (χ4n) is 3.86. The minimum atomic E-state index is -3.38. The second kappa shape index (κ2) is 8.54. The number of ether oxygens (including phenoxy) is 1. The molecule has 4 rings (SSSR count). The van der Waals surface area contributed by atoms with Crippen molar-refractivity contribution in [3.05, 3.63) is 36.4 Å². The van der Waals surface area contributed by atoms with E-state index in [0.717, 1.165) is 6.26 Å². The highest BCUT2D eigenvalue weighted by molar-refractivity contribution is 7.88. The number of alkyl halides is 2. The molecular formula is C20H25F2N7O3S. The molecule has 1 saturated heterocycles. The maximum Gasteiger partial charge on any atom is 0.282 e. The van der Waals surface area contributed by atoms with Gasteiger partial charge in [0.2, 0.25) is 10.0 Å². The van der Waals surface area contributed by atoms with Gasteiger partial charge in [0.05, 0.1) is 35.9 Å². The molecule has 178 valence electrons. The van der Waals surface area contributed by atoms with E-state index in [4.69, 9.17) is 4.74 Å². The molecule has 0 saturated carbocycles. The van der Waals surface area contributed by atoms with Crippen LogP contribution in [-0.2, 0) is 14.8 Å². The summed E-state index contributed by atoms with van der Waals surface area (Å²) >= 11 is 0. The number of aromatic nitrogens is 5. The van der Waals surface area contributed by atoms with Gasteiger partial charge in [-0.2, -0.15) is 5.10 Å². The summed E-state index contributed by atoms with van der Waals surface area (Å²) in [6.45, 7) is 6.38. The average Bonchev–Trinajstić information content (AvgIpc) is 3.17. The van der Waals surface area contributed by atoms with Crippen LogP contribution in [0.2, 0.25) is 0 Å². The van der Waals surface area contributed by atoms with Gasteiger partial charge < -0.3 is 9.64 Å². The maximum absolute atomic E-state index is 13.1. The fraction of sp³-hybridized carbons (Fsp3) is 0.500. The van der Waals surface area contributed by atoms with Gasteiger partial charge in [-0.3, -0.25) is 0 Å². The zero-order valence-electron chi connectivity index (χ0n) is 18.6. The summed E-state index contributed by atoms with van der Waals surface area (Å²) < 4.78 is 59.4. The van der Waals surface area contributed by atoms with E-state index in [-0.39, 0.29) is 18.3 Å². The molecule has 4 heterocycles. The zero-order valence-corrected chi connectivity index (χ0v) is 19.4. The van der Waals surface area contributed by atoms with E-state index < -0.39 is 28.2 Å². The topological polar surface area (TPSA) is 115 Å². The molecule has 0 radical (unpaired) electrons. The molecule has 13 heteroatoms. The van der Waals surface area contributed by atoms with Gasteiger partial charge in [-0.1, -0.05) is 0 Å². The van der Waals surface area contributed by atoms with Crippen LogP contribution in [0.4, 0.5) is 14.6 Å². The number of hydrogen-bond acceptors (Lipinski definition) is 8. The summed E-state index contributed by atoms with van der Waals surface area (Å²) in [4.78, 5) is 15.0. The third kappa shape index (κ3) is 5.09. The van der Waals surface area contributed by atoms with Crippen molar-refractivity contribution in [1.82, 2.24) is 29.3 Å². The number of imidazole rings is 1. The summed E-state index contributed by atoms with van der Waals surface area (Å²) in [6.07, 6.45) is 0.881. The number of nitrogens with one attached hydrogen (secondary N) is 1. The van der Waals surface area contributed by atoms with Gasteiger partial charge in [0.1, 0.15) is 23.5 Å². The van der Waals surface area contributed by atoms with Crippen LogP contribution in [0.5, 0.6) is 0 Å². The standard InChI is InChI=1S/C20H25F2N7O3S/c1-12-16(9-26-33(4,30)31)32-20(2,3)10-28(12)18-7-14(24-11-25-18)15-8-23-17-6-5-13(19(21)22)27-29(15)17/h5-8,11-12,16,19,26H,9-10H2,1-4H3/t12-,16+/m0/s1. The quantitative estimate of drug-likeness (QED) is 0.569. The summed E-state index contributed by atoms with van der Waals surface area (Å²) in [7, 11) is -3.38. The van der Waals surface area contributed by atoms with Crippen molar-refractivity contribution >= 4 is 21.5 Å². The Kier molecular flexibility index (Phi) is 6.05. The molecule has 2 atom stereocenters. The maximum atomic E-state index is 13.1. The molecule has 1 aliphatic rings. The number of sulfonamides is 1. The number of rotatable bonds is 6. The lowest BCUT2D eigenvalue weighted by Crippen LogP contribution is -2.60. The van der Waals surface area contributed by atoms with Crippen molar-refractivity contribution in [3.8, 4) is 11.4 Å². The van der Waals surface area contributed by atoms with Crippen molar-refractivity contribution in [2.75, 3.05) is 24.2 Å². The average molecular weight is 482 g/mol. The third-order valence-corrected chi connectivity index (χ3v) is 6.10. The molecule has 0 spiro atoms. The molecule has 33 heavy (non-hydrogen) atoms. The molecule has 0 aliphatic carbocycles. The van der Waals surface area contributed by atoms with Gasteiger partial charge in [0.25, 0.3) is 6.43 Å². The number of morpholine rings is 1. The molecular weight excluding hydrogens is 456 g/mol. The highest BCUT2D eigenvalue weighted by atomic mass is 32.2. The van der Waals surface area contributed by atoms with Gasteiger partial charge in [0, 0.05) is 19.2 Å². The Labute approximate surface area is 190 Å². The summed E-state index contributed by atoms with van der Waals surface area (Å²) in [5.41, 5.74) is 0.405. The van der Waals surface area contributed by atoms with Crippen LogP contribution in [0.3, 0.4) is 0 Å². The molecule has 0 amide bonds. The predicted octanol–water partition coefficient (Wildman–Crippen LogP) is 2.05. The van der Waals surface area contributed by atoms with Gasteiger partial charge >= 0.3 is 0 Å². The fourth-order valence-corrected chi connectivity index (χ4v) is 4.33. The highest BCUT2D eigenvalue weighted by Gasteiger charge is 2.39. The predicted molar refractivity (Wildman–Crippen MR) is 118 cm³/mol. The molecule has 0 bridgehead atoms. The van der Waals surface area contributed by atoms with Crippen molar-refractivity contribution in [2.45, 2.75) is 44.9 Å². The Balaban J connectivity index is 1.68. The Hall–Kier alpha value is -2.77. The zero-order chi connectivity index (χ0) is 24.0. The van der Waals surface area contributed by atoms with E-state index in [0.29, 0.717) is 29.4 Å². The SMILES string of the molecule is C[C@H]1[C@@H](CNS(C)(=O)=O)OC(C)(C)CN1c1cc(-c2cnc3ccc(C(F)F)nn23)ncn1. The second-order valence-electron chi connectivity index (χ2n) is 8.64. The Morgan fingerprint density at radius 3 is 2.73 bits per heavy atom. The molecule has 3 aromatic rings. The van der Waals surface area contributed by atoms with E-state index in [1.807, 2.05) is 25.7 Å². The molecule has 1 fully saturated rings. The van der Waals surface area contributed by atoms with Gasteiger partial charge in [0.15, 0.2) is 5.65 Å². The Morgan fingerprint density at radius 1 is 1.27 bits per heavy atom. The first kappa shape index (κ1) is 23.4. The van der Waals surface area contributed by atoms with Gasteiger partial charge in [-0.25, -0.2) is 41.4 Å². The lowest BCUT2D eigenvalue weighted by molar-refractivity contribution is -0.0965. The largest absolute Gasteiger partial charge is 0.367 e. The first-order valence-electron chi connectivity index (χ1n) is 10.3. The number of nitrogens with zero attached hydrogens (tertiary/aromatic N) is 6. The first-order valence-corrected chi connectivity index (χ1v) is 12.2. The Bertz CT molecular complexity index is 1270. The van der Waals surface area contributed by atoms with Crippen molar-refractivity contribution in [1.29, 1.82) is 0 Å². The molecule has 0 unspecified atom stereocenters. The van der Waals surface area contributed by atoms with Gasteiger partial charge in [-0.15, -0.1) is 0 Å². The number of halogens is 2. The van der Waals surface area contributed by atoms with Crippen LogP contribution in [0.1, 0.15) is 32.9 Å². The minimum Gasteiger partial charge on any atom is -0.367 e. The van der Waals surface area contributed by atoms with Crippen LogP contribution in [-0.4, -0.2) is 70.1 Å². The number of anilines is 1.